The quantitative estimate of drug-likeness (QED) is 0.805. The normalized spacial score (nSPS) is 27.5. The van der Waals surface area contributed by atoms with E-state index in [2.05, 4.69) is 23.0 Å². The average molecular weight is 342 g/mol. The molecule has 0 aromatic carbocycles. The van der Waals surface area contributed by atoms with Crippen LogP contribution in [0.4, 0.5) is 0 Å². The summed E-state index contributed by atoms with van der Waals surface area (Å²) < 4.78 is 1.48. The van der Waals surface area contributed by atoms with Crippen molar-refractivity contribution in [3.8, 4) is 0 Å². The predicted molar refractivity (Wildman–Crippen MR) is 94.4 cm³/mol. The molecule has 1 saturated heterocycles. The Hall–Kier alpha value is -1.53. The first-order valence-electron chi connectivity index (χ1n) is 8.93. The van der Waals surface area contributed by atoms with Crippen molar-refractivity contribution in [2.45, 2.75) is 45.1 Å². The van der Waals surface area contributed by atoms with Crippen molar-refractivity contribution in [3.05, 3.63) is 38.8 Å². The molecule has 2 atom stereocenters. The first kappa shape index (κ1) is 14.8. The Bertz CT molecular complexity index is 879. The maximum atomic E-state index is 12.4. The van der Waals surface area contributed by atoms with Crippen LogP contribution in [0.1, 0.15) is 49.2 Å². The lowest BCUT2D eigenvalue weighted by molar-refractivity contribution is 0.310. The van der Waals surface area contributed by atoms with Crippen LogP contribution in [-0.4, -0.2) is 32.6 Å². The second-order valence-corrected chi connectivity index (χ2v) is 8.69. The van der Waals surface area contributed by atoms with Gasteiger partial charge in [0.25, 0.3) is 5.56 Å². The van der Waals surface area contributed by atoms with Crippen molar-refractivity contribution in [1.29, 1.82) is 0 Å². The second kappa shape index (κ2) is 5.49. The molecule has 3 heterocycles. The van der Waals surface area contributed by atoms with Gasteiger partial charge in [0.05, 0.1) is 5.69 Å². The number of nitrogens with zero attached hydrogens (tertiary/aromatic N) is 4. The van der Waals surface area contributed by atoms with E-state index >= 15 is 0 Å². The highest BCUT2D eigenvalue weighted by Gasteiger charge is 2.34. The lowest BCUT2D eigenvalue weighted by Gasteiger charge is -2.22. The number of hydrogen-bond acceptors (Lipinski definition) is 5. The highest BCUT2D eigenvalue weighted by Crippen LogP contribution is 2.41. The molecule has 2 fully saturated rings. The van der Waals surface area contributed by atoms with E-state index in [9.17, 15) is 4.79 Å². The summed E-state index contributed by atoms with van der Waals surface area (Å²) in [6.45, 7) is 5.30. The monoisotopic (exact) mass is 342 g/mol. The molecular formula is C18H22N4OS. The molecule has 0 bridgehead atoms. The minimum atomic E-state index is -0.0349. The molecule has 6 heteroatoms. The lowest BCUT2D eigenvalue weighted by Crippen LogP contribution is -2.23. The molecule has 126 valence electrons. The molecule has 2 aromatic rings. The van der Waals surface area contributed by atoms with E-state index in [4.69, 9.17) is 4.98 Å². The van der Waals surface area contributed by atoms with Crippen LogP contribution in [0.15, 0.2) is 22.5 Å². The molecular weight excluding hydrogens is 320 g/mol. The maximum Gasteiger partial charge on any atom is 0.275 e. The van der Waals surface area contributed by atoms with Crippen LogP contribution >= 0.6 is 11.3 Å². The van der Waals surface area contributed by atoms with Crippen LogP contribution in [0.2, 0.25) is 0 Å². The van der Waals surface area contributed by atoms with Gasteiger partial charge in [0.15, 0.2) is 0 Å². The number of fused-ring (bicyclic) bond motifs is 2. The van der Waals surface area contributed by atoms with E-state index in [0.29, 0.717) is 5.92 Å². The van der Waals surface area contributed by atoms with Gasteiger partial charge in [0.2, 0.25) is 4.96 Å². The molecule has 2 aromatic heterocycles. The fraction of sp³-hybridized carbons (Fsp3) is 0.611. The first-order valence-corrected chi connectivity index (χ1v) is 9.75. The summed E-state index contributed by atoms with van der Waals surface area (Å²) in [6, 6.07) is 1.68. The first-order chi connectivity index (χ1) is 11.7. The molecule has 5 nitrogen and oxygen atoms in total. The van der Waals surface area contributed by atoms with Crippen molar-refractivity contribution in [2.75, 3.05) is 13.1 Å². The van der Waals surface area contributed by atoms with E-state index in [1.807, 2.05) is 0 Å². The van der Waals surface area contributed by atoms with Crippen LogP contribution in [0.5, 0.6) is 0 Å². The zero-order valence-electron chi connectivity index (χ0n) is 13.9. The number of rotatable bonds is 3. The molecule has 1 aliphatic heterocycles. The van der Waals surface area contributed by atoms with Gasteiger partial charge in [-0.2, -0.15) is 9.61 Å². The molecule has 1 saturated carbocycles. The molecule has 0 N–H and O–H groups in total. The molecule has 0 radical (unpaired) electrons. The number of allylic oxidation sites excluding steroid dienone is 2. The molecule has 3 aliphatic rings. The van der Waals surface area contributed by atoms with Gasteiger partial charge in [0.1, 0.15) is 5.01 Å². The Labute approximate surface area is 145 Å². The van der Waals surface area contributed by atoms with Crippen molar-refractivity contribution in [1.82, 2.24) is 19.5 Å². The van der Waals surface area contributed by atoms with Gasteiger partial charge < -0.3 is 0 Å². The van der Waals surface area contributed by atoms with Gasteiger partial charge in [0, 0.05) is 31.6 Å². The van der Waals surface area contributed by atoms with E-state index in [-0.39, 0.29) is 5.56 Å². The topological polar surface area (TPSA) is 50.5 Å². The molecule has 0 amide bonds. The molecule has 2 aliphatic carbocycles. The van der Waals surface area contributed by atoms with Crippen molar-refractivity contribution in [3.63, 3.8) is 0 Å². The lowest BCUT2D eigenvalue weighted by atomic mass is 9.83. The van der Waals surface area contributed by atoms with Gasteiger partial charge in [-0.25, -0.2) is 4.98 Å². The van der Waals surface area contributed by atoms with Crippen LogP contribution in [0.25, 0.3) is 4.96 Å². The molecule has 5 rings (SSSR count). The van der Waals surface area contributed by atoms with E-state index < -0.39 is 0 Å². The number of hydrogen-bond donors (Lipinski definition) is 0. The van der Waals surface area contributed by atoms with Crippen LogP contribution in [0.3, 0.4) is 0 Å². The third-order valence-corrected chi connectivity index (χ3v) is 6.70. The van der Waals surface area contributed by atoms with Gasteiger partial charge in [-0.1, -0.05) is 23.0 Å². The Kier molecular flexibility index (Phi) is 3.38. The highest BCUT2D eigenvalue weighted by molar-refractivity contribution is 7.16. The summed E-state index contributed by atoms with van der Waals surface area (Å²) in [7, 11) is 0. The highest BCUT2D eigenvalue weighted by atomic mass is 32.1. The summed E-state index contributed by atoms with van der Waals surface area (Å²) in [5.41, 5.74) is 2.40. The van der Waals surface area contributed by atoms with Crippen molar-refractivity contribution >= 4 is 16.3 Å². The van der Waals surface area contributed by atoms with Gasteiger partial charge in [-0.3, -0.25) is 9.69 Å². The SMILES string of the molecule is CC1=CC[C@@H]2CN(Cc3cc(=O)n4nc(C5CC5)sc4n3)C[C@@H]2C1. The summed E-state index contributed by atoms with van der Waals surface area (Å²) in [5.74, 6) is 2.13. The Morgan fingerprint density at radius 3 is 2.96 bits per heavy atom. The summed E-state index contributed by atoms with van der Waals surface area (Å²) in [6.07, 6.45) is 7.24. The number of likely N-dealkylation sites (tertiary alicyclic amines) is 1. The Morgan fingerprint density at radius 1 is 1.29 bits per heavy atom. The molecule has 0 unspecified atom stereocenters. The summed E-state index contributed by atoms with van der Waals surface area (Å²) >= 11 is 1.59. The Morgan fingerprint density at radius 2 is 2.12 bits per heavy atom. The van der Waals surface area contributed by atoms with E-state index in [1.54, 1.807) is 17.4 Å². The molecule has 24 heavy (non-hydrogen) atoms. The zero-order valence-corrected chi connectivity index (χ0v) is 14.8. The van der Waals surface area contributed by atoms with Gasteiger partial charge in [-0.15, -0.1) is 0 Å². The van der Waals surface area contributed by atoms with E-state index in [0.717, 1.165) is 47.1 Å². The van der Waals surface area contributed by atoms with Crippen LogP contribution in [-0.2, 0) is 6.54 Å². The third kappa shape index (κ3) is 2.62. The zero-order chi connectivity index (χ0) is 16.3. The summed E-state index contributed by atoms with van der Waals surface area (Å²) in [5, 5.41) is 5.53. The Balaban J connectivity index is 1.37. The largest absolute Gasteiger partial charge is 0.297 e. The summed E-state index contributed by atoms with van der Waals surface area (Å²) in [4.78, 5) is 20.3. The van der Waals surface area contributed by atoms with E-state index in [1.165, 1.54) is 35.8 Å². The minimum Gasteiger partial charge on any atom is -0.297 e. The fourth-order valence-corrected chi connectivity index (χ4v) is 5.28. The predicted octanol–water partition coefficient (Wildman–Crippen LogP) is 2.82. The average Bonchev–Trinajstić information content (AvgIpc) is 3.18. The van der Waals surface area contributed by atoms with Gasteiger partial charge >= 0.3 is 0 Å². The second-order valence-electron chi connectivity index (χ2n) is 7.70. The maximum absolute atomic E-state index is 12.4. The third-order valence-electron chi connectivity index (χ3n) is 5.63. The molecule has 0 spiro atoms. The van der Waals surface area contributed by atoms with Gasteiger partial charge in [-0.05, 0) is 44.4 Å². The minimum absolute atomic E-state index is 0.0349. The smallest absolute Gasteiger partial charge is 0.275 e. The van der Waals surface area contributed by atoms with Crippen molar-refractivity contribution in [2.24, 2.45) is 11.8 Å². The van der Waals surface area contributed by atoms with Crippen LogP contribution in [0, 0.1) is 11.8 Å². The fourth-order valence-electron chi connectivity index (χ4n) is 4.19. The van der Waals surface area contributed by atoms with Crippen LogP contribution < -0.4 is 5.56 Å². The van der Waals surface area contributed by atoms with Crippen molar-refractivity contribution < 1.29 is 0 Å². The number of aromatic nitrogens is 3. The standard InChI is InChI=1S/C18H22N4OS/c1-11-2-3-13-8-21(9-14(13)6-11)10-15-7-16(23)22-18(19-15)24-17(20-22)12-4-5-12/h2,7,12-14H,3-6,8-10H2,1H3/t13-,14+/m1/s1.